The molecule has 17 heavy (non-hydrogen) atoms. The molecule has 1 amide bonds. The Morgan fingerprint density at radius 1 is 1.53 bits per heavy atom. The fourth-order valence-electron chi connectivity index (χ4n) is 1.41. The van der Waals surface area contributed by atoms with Gasteiger partial charge in [-0.1, -0.05) is 0 Å². The number of rotatable bonds is 2. The van der Waals surface area contributed by atoms with Crippen LogP contribution in [0.5, 0.6) is 0 Å². The molecule has 6 heteroatoms. The molecule has 1 aromatic carbocycles. The number of halogens is 1. The molecule has 0 radical (unpaired) electrons. The van der Waals surface area contributed by atoms with Crippen LogP contribution in [0.25, 0.3) is 0 Å². The number of aromatic amines is 1. The summed E-state index contributed by atoms with van der Waals surface area (Å²) in [6.07, 6.45) is 1.49. The zero-order valence-electron chi connectivity index (χ0n) is 9.12. The van der Waals surface area contributed by atoms with Gasteiger partial charge in [-0.05, 0) is 41.1 Å². The first-order chi connectivity index (χ1) is 8.08. The number of hydrogen-bond donors (Lipinski definition) is 3. The Bertz CT molecular complexity index is 564. The Morgan fingerprint density at radius 3 is 2.94 bits per heavy atom. The van der Waals surface area contributed by atoms with E-state index in [0.717, 1.165) is 10.2 Å². The fraction of sp³-hybridized carbons (Fsp3) is 0.0909. The van der Waals surface area contributed by atoms with Crippen molar-refractivity contribution in [1.29, 1.82) is 0 Å². The van der Waals surface area contributed by atoms with Gasteiger partial charge in [0.25, 0.3) is 5.91 Å². The average molecular weight is 295 g/mol. The number of nitrogens with two attached hydrogens (primary N) is 1. The standard InChI is InChI=1S/C11H11BrN4O/c1-6-8(5-14-16-6)11(17)15-10-4-7(13)2-3-9(10)12/h2-5H,13H2,1H3,(H,14,16)(H,15,17). The number of aromatic nitrogens is 2. The topological polar surface area (TPSA) is 83.8 Å². The number of carbonyl (C=O) groups excluding carboxylic acids is 1. The zero-order valence-corrected chi connectivity index (χ0v) is 10.7. The molecule has 0 fully saturated rings. The summed E-state index contributed by atoms with van der Waals surface area (Å²) in [5.74, 6) is -0.220. The van der Waals surface area contributed by atoms with E-state index in [1.165, 1.54) is 6.20 Å². The van der Waals surface area contributed by atoms with E-state index in [-0.39, 0.29) is 5.91 Å². The van der Waals surface area contributed by atoms with Crippen molar-refractivity contribution < 1.29 is 4.79 Å². The Balaban J connectivity index is 2.24. The predicted molar refractivity (Wildman–Crippen MR) is 69.8 cm³/mol. The van der Waals surface area contributed by atoms with Crippen LogP contribution in [0.1, 0.15) is 16.1 Å². The molecule has 2 rings (SSSR count). The van der Waals surface area contributed by atoms with Gasteiger partial charge in [0.2, 0.25) is 0 Å². The number of hydrogen-bond acceptors (Lipinski definition) is 3. The van der Waals surface area contributed by atoms with Gasteiger partial charge in [0.1, 0.15) is 0 Å². The maximum atomic E-state index is 11.9. The molecule has 0 aliphatic heterocycles. The average Bonchev–Trinajstić information content (AvgIpc) is 2.70. The molecule has 2 aromatic rings. The van der Waals surface area contributed by atoms with Crippen LogP contribution in [-0.2, 0) is 0 Å². The lowest BCUT2D eigenvalue weighted by Gasteiger charge is -2.07. The van der Waals surface area contributed by atoms with E-state index in [1.54, 1.807) is 25.1 Å². The quantitative estimate of drug-likeness (QED) is 0.743. The number of H-pyrrole nitrogens is 1. The highest BCUT2D eigenvalue weighted by atomic mass is 79.9. The SMILES string of the molecule is Cc1[nH]ncc1C(=O)Nc1cc(N)ccc1Br. The van der Waals surface area contributed by atoms with Gasteiger partial charge in [-0.25, -0.2) is 0 Å². The lowest BCUT2D eigenvalue weighted by atomic mass is 10.2. The van der Waals surface area contributed by atoms with Crippen LogP contribution in [0.3, 0.4) is 0 Å². The molecular formula is C11H11BrN4O. The number of amides is 1. The first-order valence-electron chi connectivity index (χ1n) is 4.94. The first-order valence-corrected chi connectivity index (χ1v) is 5.73. The smallest absolute Gasteiger partial charge is 0.259 e. The van der Waals surface area contributed by atoms with E-state index in [4.69, 9.17) is 5.73 Å². The van der Waals surface area contributed by atoms with Crippen molar-refractivity contribution in [2.45, 2.75) is 6.92 Å². The van der Waals surface area contributed by atoms with Crippen molar-refractivity contribution in [3.63, 3.8) is 0 Å². The number of anilines is 2. The van der Waals surface area contributed by atoms with Crippen LogP contribution in [0.15, 0.2) is 28.9 Å². The number of aryl methyl sites for hydroxylation is 1. The van der Waals surface area contributed by atoms with Crippen molar-refractivity contribution in [3.05, 3.63) is 40.1 Å². The maximum absolute atomic E-state index is 11.9. The summed E-state index contributed by atoms with van der Waals surface area (Å²) < 4.78 is 0.779. The summed E-state index contributed by atoms with van der Waals surface area (Å²) in [5.41, 5.74) is 8.12. The first kappa shape index (κ1) is 11.7. The highest BCUT2D eigenvalue weighted by Gasteiger charge is 2.12. The largest absolute Gasteiger partial charge is 0.399 e. The van der Waals surface area contributed by atoms with Gasteiger partial charge in [0.15, 0.2) is 0 Å². The summed E-state index contributed by atoms with van der Waals surface area (Å²) in [6, 6.07) is 5.23. The van der Waals surface area contributed by atoms with E-state index in [1.807, 2.05) is 0 Å². The molecule has 0 saturated heterocycles. The second-order valence-corrected chi connectivity index (χ2v) is 4.46. The third-order valence-corrected chi connectivity index (χ3v) is 3.00. The molecule has 0 unspecified atom stereocenters. The van der Waals surface area contributed by atoms with Gasteiger partial charge >= 0.3 is 0 Å². The highest BCUT2D eigenvalue weighted by molar-refractivity contribution is 9.10. The molecule has 0 bridgehead atoms. The van der Waals surface area contributed by atoms with Gasteiger partial charge in [-0.2, -0.15) is 5.10 Å². The summed E-state index contributed by atoms with van der Waals surface area (Å²) in [4.78, 5) is 11.9. The molecule has 88 valence electrons. The Kier molecular flexibility index (Phi) is 3.14. The van der Waals surface area contributed by atoms with E-state index < -0.39 is 0 Å². The van der Waals surface area contributed by atoms with Crippen molar-refractivity contribution in [2.24, 2.45) is 0 Å². The van der Waals surface area contributed by atoms with E-state index in [9.17, 15) is 4.79 Å². The fourth-order valence-corrected chi connectivity index (χ4v) is 1.75. The molecule has 0 spiro atoms. The summed E-state index contributed by atoms with van der Waals surface area (Å²) in [7, 11) is 0. The summed E-state index contributed by atoms with van der Waals surface area (Å²) >= 11 is 3.35. The van der Waals surface area contributed by atoms with Crippen molar-refractivity contribution >= 4 is 33.2 Å². The van der Waals surface area contributed by atoms with Crippen molar-refractivity contribution in [1.82, 2.24) is 10.2 Å². The van der Waals surface area contributed by atoms with Crippen molar-refractivity contribution in [3.8, 4) is 0 Å². The van der Waals surface area contributed by atoms with Crippen LogP contribution in [0.2, 0.25) is 0 Å². The molecule has 0 aliphatic rings. The van der Waals surface area contributed by atoms with E-state index in [0.29, 0.717) is 16.9 Å². The minimum atomic E-state index is -0.220. The summed E-state index contributed by atoms with van der Waals surface area (Å²) in [6.45, 7) is 1.79. The number of nitrogens with zero attached hydrogens (tertiary/aromatic N) is 1. The van der Waals surface area contributed by atoms with E-state index in [2.05, 4.69) is 31.4 Å². The number of benzene rings is 1. The van der Waals surface area contributed by atoms with Crippen LogP contribution in [0, 0.1) is 6.92 Å². The molecule has 1 heterocycles. The molecule has 0 saturated carbocycles. The predicted octanol–water partition coefficient (Wildman–Crippen LogP) is 2.32. The number of carbonyl (C=O) groups is 1. The molecular weight excluding hydrogens is 284 g/mol. The van der Waals surface area contributed by atoms with Crippen LogP contribution >= 0.6 is 15.9 Å². The molecule has 1 aromatic heterocycles. The summed E-state index contributed by atoms with van der Waals surface area (Å²) in [5, 5.41) is 9.28. The monoisotopic (exact) mass is 294 g/mol. The molecule has 0 atom stereocenters. The lowest BCUT2D eigenvalue weighted by molar-refractivity contribution is 0.102. The second kappa shape index (κ2) is 4.58. The van der Waals surface area contributed by atoms with Gasteiger partial charge in [0.05, 0.1) is 17.4 Å². The minimum Gasteiger partial charge on any atom is -0.399 e. The van der Waals surface area contributed by atoms with E-state index >= 15 is 0 Å². The van der Waals surface area contributed by atoms with Crippen LogP contribution in [0.4, 0.5) is 11.4 Å². The minimum absolute atomic E-state index is 0.220. The molecule has 5 nitrogen and oxygen atoms in total. The highest BCUT2D eigenvalue weighted by Crippen LogP contribution is 2.25. The van der Waals surface area contributed by atoms with Crippen LogP contribution in [-0.4, -0.2) is 16.1 Å². The Hall–Kier alpha value is -1.82. The molecule has 4 N–H and O–H groups in total. The number of nitrogen functional groups attached to an aromatic ring is 1. The lowest BCUT2D eigenvalue weighted by Crippen LogP contribution is -2.12. The molecule has 0 aliphatic carbocycles. The zero-order chi connectivity index (χ0) is 12.4. The van der Waals surface area contributed by atoms with Gasteiger partial charge in [-0.15, -0.1) is 0 Å². The maximum Gasteiger partial charge on any atom is 0.259 e. The third kappa shape index (κ3) is 2.47. The van der Waals surface area contributed by atoms with Gasteiger partial charge in [-0.3, -0.25) is 9.89 Å². The van der Waals surface area contributed by atoms with Crippen LogP contribution < -0.4 is 11.1 Å². The van der Waals surface area contributed by atoms with Gasteiger partial charge in [0, 0.05) is 15.9 Å². The van der Waals surface area contributed by atoms with Gasteiger partial charge < -0.3 is 11.1 Å². The second-order valence-electron chi connectivity index (χ2n) is 3.60. The Morgan fingerprint density at radius 2 is 2.29 bits per heavy atom. The number of nitrogens with one attached hydrogen (secondary N) is 2. The van der Waals surface area contributed by atoms with Crippen molar-refractivity contribution in [2.75, 3.05) is 11.1 Å². The normalized spacial score (nSPS) is 10.2. The third-order valence-electron chi connectivity index (χ3n) is 2.31. The Labute approximate surface area is 107 Å².